The molecule has 0 bridgehead atoms. The van der Waals surface area contributed by atoms with Gasteiger partial charge in [0.15, 0.2) is 0 Å². The summed E-state index contributed by atoms with van der Waals surface area (Å²) in [4.78, 5) is 11.0. The lowest BCUT2D eigenvalue weighted by molar-refractivity contribution is -0.120. The van der Waals surface area contributed by atoms with Gasteiger partial charge in [0.1, 0.15) is 0 Å². The predicted octanol–water partition coefficient (Wildman–Crippen LogP) is 2.07. The smallest absolute Gasteiger partial charge is 0.221 e. The standard InChI is InChI=1S/C13H26N2O/c1-11(15-10-9-13(16)14-2)7-8-12-5-3-4-6-12/h11-12,15H,3-10H2,1-2H3,(H,14,16). The maximum atomic E-state index is 11.0. The molecule has 94 valence electrons. The molecule has 16 heavy (non-hydrogen) atoms. The van der Waals surface area contributed by atoms with Crippen LogP contribution in [-0.4, -0.2) is 25.5 Å². The summed E-state index contributed by atoms with van der Waals surface area (Å²) < 4.78 is 0. The molecule has 1 atom stereocenters. The molecule has 1 fully saturated rings. The van der Waals surface area contributed by atoms with Gasteiger partial charge in [-0.1, -0.05) is 25.7 Å². The third-order valence-electron chi connectivity index (χ3n) is 3.61. The largest absolute Gasteiger partial charge is 0.359 e. The first-order chi connectivity index (χ1) is 7.72. The van der Waals surface area contributed by atoms with E-state index in [0.717, 1.165) is 12.5 Å². The molecule has 0 aromatic carbocycles. The number of rotatable bonds is 7. The molecule has 0 aliphatic heterocycles. The van der Waals surface area contributed by atoms with Crippen LogP contribution in [0.1, 0.15) is 51.9 Å². The van der Waals surface area contributed by atoms with Crippen molar-refractivity contribution in [3.8, 4) is 0 Å². The normalized spacial score (nSPS) is 18.6. The summed E-state index contributed by atoms with van der Waals surface area (Å²) in [6.45, 7) is 3.02. The van der Waals surface area contributed by atoms with Crippen molar-refractivity contribution >= 4 is 5.91 Å². The lowest BCUT2D eigenvalue weighted by atomic mass is 9.99. The highest BCUT2D eigenvalue weighted by Crippen LogP contribution is 2.28. The Morgan fingerprint density at radius 3 is 2.69 bits per heavy atom. The highest BCUT2D eigenvalue weighted by atomic mass is 16.1. The molecule has 0 aromatic rings. The van der Waals surface area contributed by atoms with Crippen LogP contribution in [0.25, 0.3) is 0 Å². The number of nitrogens with one attached hydrogen (secondary N) is 2. The summed E-state index contributed by atoms with van der Waals surface area (Å²) in [7, 11) is 1.69. The molecule has 1 rings (SSSR count). The van der Waals surface area contributed by atoms with Crippen LogP contribution in [-0.2, 0) is 4.79 Å². The van der Waals surface area contributed by atoms with Gasteiger partial charge in [0.05, 0.1) is 0 Å². The topological polar surface area (TPSA) is 41.1 Å². The van der Waals surface area contributed by atoms with Crippen molar-refractivity contribution < 1.29 is 4.79 Å². The molecule has 0 radical (unpaired) electrons. The molecular weight excluding hydrogens is 200 g/mol. The molecule has 3 heteroatoms. The number of hydrogen-bond donors (Lipinski definition) is 2. The second kappa shape index (κ2) is 7.66. The first kappa shape index (κ1) is 13.5. The fourth-order valence-corrected chi connectivity index (χ4v) is 2.44. The highest BCUT2D eigenvalue weighted by molar-refractivity contribution is 5.75. The van der Waals surface area contributed by atoms with E-state index >= 15 is 0 Å². The van der Waals surface area contributed by atoms with E-state index in [4.69, 9.17) is 0 Å². The van der Waals surface area contributed by atoms with Crippen LogP contribution >= 0.6 is 0 Å². The third-order valence-corrected chi connectivity index (χ3v) is 3.61. The molecule has 2 N–H and O–H groups in total. The maximum absolute atomic E-state index is 11.0. The molecule has 1 unspecified atom stereocenters. The van der Waals surface area contributed by atoms with E-state index in [0.29, 0.717) is 12.5 Å². The zero-order valence-corrected chi connectivity index (χ0v) is 10.7. The van der Waals surface area contributed by atoms with E-state index in [1.54, 1.807) is 7.05 Å². The first-order valence-electron chi connectivity index (χ1n) is 6.66. The number of carbonyl (C=O) groups is 1. The van der Waals surface area contributed by atoms with Gasteiger partial charge in [0, 0.05) is 26.1 Å². The van der Waals surface area contributed by atoms with Gasteiger partial charge in [-0.05, 0) is 25.7 Å². The molecule has 1 amide bonds. The summed E-state index contributed by atoms with van der Waals surface area (Å²) in [6, 6.07) is 0.547. The second-order valence-corrected chi connectivity index (χ2v) is 5.01. The van der Waals surface area contributed by atoms with Gasteiger partial charge in [0.2, 0.25) is 5.91 Å². The van der Waals surface area contributed by atoms with Crippen LogP contribution in [0.4, 0.5) is 0 Å². The maximum Gasteiger partial charge on any atom is 0.221 e. The van der Waals surface area contributed by atoms with E-state index in [2.05, 4.69) is 17.6 Å². The number of carbonyl (C=O) groups excluding carboxylic acids is 1. The van der Waals surface area contributed by atoms with Gasteiger partial charge in [-0.2, -0.15) is 0 Å². The first-order valence-corrected chi connectivity index (χ1v) is 6.66. The molecule has 1 saturated carbocycles. The van der Waals surface area contributed by atoms with Crippen molar-refractivity contribution in [2.75, 3.05) is 13.6 Å². The van der Waals surface area contributed by atoms with E-state index in [9.17, 15) is 4.79 Å². The average molecular weight is 226 g/mol. The van der Waals surface area contributed by atoms with Gasteiger partial charge < -0.3 is 10.6 Å². The molecule has 3 nitrogen and oxygen atoms in total. The van der Waals surface area contributed by atoms with Gasteiger partial charge in [-0.25, -0.2) is 0 Å². The minimum absolute atomic E-state index is 0.121. The van der Waals surface area contributed by atoms with Crippen LogP contribution < -0.4 is 10.6 Å². The molecule has 1 aliphatic carbocycles. The third kappa shape index (κ3) is 5.50. The van der Waals surface area contributed by atoms with Crippen LogP contribution in [0.3, 0.4) is 0 Å². The molecule has 0 heterocycles. The Morgan fingerprint density at radius 2 is 2.06 bits per heavy atom. The lowest BCUT2D eigenvalue weighted by Crippen LogP contribution is -2.31. The minimum Gasteiger partial charge on any atom is -0.359 e. The number of hydrogen-bond acceptors (Lipinski definition) is 2. The minimum atomic E-state index is 0.121. The van der Waals surface area contributed by atoms with E-state index in [-0.39, 0.29) is 5.91 Å². The van der Waals surface area contributed by atoms with Gasteiger partial charge >= 0.3 is 0 Å². The molecular formula is C13H26N2O. The Morgan fingerprint density at radius 1 is 1.38 bits per heavy atom. The Hall–Kier alpha value is -0.570. The summed E-state index contributed by atoms with van der Waals surface area (Å²) in [6.07, 6.45) is 8.93. The quantitative estimate of drug-likeness (QED) is 0.698. The predicted molar refractivity (Wildman–Crippen MR) is 67.3 cm³/mol. The van der Waals surface area contributed by atoms with E-state index in [1.807, 2.05) is 0 Å². The van der Waals surface area contributed by atoms with Crippen LogP contribution in [0.15, 0.2) is 0 Å². The fraction of sp³-hybridized carbons (Fsp3) is 0.923. The zero-order valence-electron chi connectivity index (χ0n) is 10.7. The van der Waals surface area contributed by atoms with E-state index in [1.165, 1.54) is 38.5 Å². The van der Waals surface area contributed by atoms with Crippen molar-refractivity contribution in [2.24, 2.45) is 5.92 Å². The van der Waals surface area contributed by atoms with Gasteiger partial charge in [-0.15, -0.1) is 0 Å². The fourth-order valence-electron chi connectivity index (χ4n) is 2.44. The summed E-state index contributed by atoms with van der Waals surface area (Å²) >= 11 is 0. The Kier molecular flexibility index (Phi) is 6.46. The van der Waals surface area contributed by atoms with Crippen molar-refractivity contribution in [3.05, 3.63) is 0 Å². The monoisotopic (exact) mass is 226 g/mol. The Balaban J connectivity index is 1.97. The van der Waals surface area contributed by atoms with Crippen molar-refractivity contribution in [1.29, 1.82) is 0 Å². The second-order valence-electron chi connectivity index (χ2n) is 5.01. The molecule has 0 spiro atoms. The molecule has 0 aromatic heterocycles. The van der Waals surface area contributed by atoms with Crippen molar-refractivity contribution in [3.63, 3.8) is 0 Å². The Bertz CT molecular complexity index is 200. The van der Waals surface area contributed by atoms with Crippen LogP contribution in [0.5, 0.6) is 0 Å². The van der Waals surface area contributed by atoms with Crippen molar-refractivity contribution in [1.82, 2.24) is 10.6 Å². The SMILES string of the molecule is CNC(=O)CCNC(C)CCC1CCCC1. The van der Waals surface area contributed by atoms with Crippen molar-refractivity contribution in [2.45, 2.75) is 57.9 Å². The molecule has 0 saturated heterocycles. The zero-order chi connectivity index (χ0) is 11.8. The highest BCUT2D eigenvalue weighted by Gasteiger charge is 2.15. The summed E-state index contributed by atoms with van der Waals surface area (Å²) in [5.74, 6) is 1.10. The van der Waals surface area contributed by atoms with Crippen LogP contribution in [0.2, 0.25) is 0 Å². The van der Waals surface area contributed by atoms with Crippen LogP contribution in [0, 0.1) is 5.92 Å². The average Bonchev–Trinajstić information content (AvgIpc) is 2.79. The number of amides is 1. The Labute approximate surface area is 99.4 Å². The summed E-state index contributed by atoms with van der Waals surface area (Å²) in [5.41, 5.74) is 0. The molecule has 1 aliphatic rings. The lowest BCUT2D eigenvalue weighted by Gasteiger charge is -2.16. The van der Waals surface area contributed by atoms with Gasteiger partial charge in [-0.3, -0.25) is 4.79 Å². The van der Waals surface area contributed by atoms with Gasteiger partial charge in [0.25, 0.3) is 0 Å². The van der Waals surface area contributed by atoms with E-state index < -0.39 is 0 Å². The summed E-state index contributed by atoms with van der Waals surface area (Å²) in [5, 5.41) is 6.05.